The van der Waals surface area contributed by atoms with Crippen LogP contribution in [0.25, 0.3) is 21.8 Å². The summed E-state index contributed by atoms with van der Waals surface area (Å²) < 4.78 is 5.61. The molecule has 1 aliphatic rings. The number of amides is 2. The Morgan fingerprint density at radius 1 is 0.886 bits per heavy atom. The highest BCUT2D eigenvalue weighted by Crippen LogP contribution is 2.30. The van der Waals surface area contributed by atoms with Crippen LogP contribution in [0.5, 0.6) is 0 Å². The van der Waals surface area contributed by atoms with E-state index in [2.05, 4.69) is 15.7 Å². The molecule has 12 nitrogen and oxygen atoms in total. The number of para-hydroxylation sites is 4. The number of guanidine groups is 1. The summed E-state index contributed by atoms with van der Waals surface area (Å²) in [6.07, 6.45) is 0.553. The molecule has 3 aromatic carbocycles. The van der Waals surface area contributed by atoms with E-state index in [9.17, 15) is 20.0 Å². The first-order chi connectivity index (χ1) is 21.1. The van der Waals surface area contributed by atoms with Gasteiger partial charge in [0.25, 0.3) is 5.91 Å². The summed E-state index contributed by atoms with van der Waals surface area (Å²) in [5, 5.41) is 34.1. The zero-order valence-electron chi connectivity index (χ0n) is 25.0. The fourth-order valence-corrected chi connectivity index (χ4v) is 4.87. The quantitative estimate of drug-likeness (QED) is 0.153. The topological polar surface area (TPSA) is 143 Å². The molecule has 0 saturated carbocycles. The summed E-state index contributed by atoms with van der Waals surface area (Å²) in [5.74, 6) is -0.179. The third kappa shape index (κ3) is 7.16. The molecule has 0 spiro atoms. The lowest BCUT2D eigenvalue weighted by atomic mass is 10.1. The highest BCUT2D eigenvalue weighted by Gasteiger charge is 2.25. The first kappa shape index (κ1) is 30.5. The largest absolute Gasteiger partial charge is 0.444 e. The van der Waals surface area contributed by atoms with Crippen LogP contribution < -0.4 is 20.9 Å². The van der Waals surface area contributed by atoms with E-state index in [1.165, 1.54) is 0 Å². The molecule has 0 bridgehead atoms. The summed E-state index contributed by atoms with van der Waals surface area (Å²) in [5.41, 5.74) is 2.01. The monoisotopic (exact) mass is 599 g/mol. The van der Waals surface area contributed by atoms with Gasteiger partial charge < -0.3 is 20.3 Å². The van der Waals surface area contributed by atoms with Crippen molar-refractivity contribution in [3.8, 4) is 0 Å². The summed E-state index contributed by atoms with van der Waals surface area (Å²) in [6.45, 7) is 6.84. The maximum atomic E-state index is 13.1. The molecule has 44 heavy (non-hydrogen) atoms. The maximum absolute atomic E-state index is 13.1. The van der Waals surface area contributed by atoms with Crippen LogP contribution in [0.4, 0.5) is 16.2 Å². The Balaban J connectivity index is 1.15. The normalized spacial score (nSPS) is 13.0. The van der Waals surface area contributed by atoms with E-state index in [1.54, 1.807) is 35.2 Å². The molecule has 12 heteroatoms. The van der Waals surface area contributed by atoms with Gasteiger partial charge in [0.2, 0.25) is 5.96 Å². The minimum absolute atomic E-state index is 0.0497. The number of carbonyl (C=O) groups excluding carboxylic acids is 2. The number of benzene rings is 3. The third-order valence-corrected chi connectivity index (χ3v) is 6.94. The van der Waals surface area contributed by atoms with Gasteiger partial charge in [-0.2, -0.15) is 5.06 Å². The summed E-state index contributed by atoms with van der Waals surface area (Å²) in [7, 11) is 0. The summed E-state index contributed by atoms with van der Waals surface area (Å²) in [6, 6.07) is 22.1. The second kappa shape index (κ2) is 13.1. The first-order valence-electron chi connectivity index (χ1n) is 14.5. The zero-order chi connectivity index (χ0) is 31.3. The van der Waals surface area contributed by atoms with E-state index in [4.69, 9.17) is 9.72 Å². The molecule has 0 radical (unpaired) electrons. The van der Waals surface area contributed by atoms with Gasteiger partial charge in [-0.1, -0.05) is 42.5 Å². The third-order valence-electron chi connectivity index (χ3n) is 6.94. The van der Waals surface area contributed by atoms with E-state index in [1.807, 2.05) is 63.2 Å². The number of fused-ring (bicyclic) bond motifs is 3. The Morgan fingerprint density at radius 2 is 1.57 bits per heavy atom. The first-order valence-corrected chi connectivity index (χ1v) is 14.5. The number of aromatic nitrogens is 1. The van der Waals surface area contributed by atoms with Gasteiger partial charge in [0.15, 0.2) is 0 Å². The molecule has 5 rings (SSSR count). The minimum Gasteiger partial charge on any atom is -0.444 e. The standard InChI is InChI=1S/C32H37N7O5/c1-32(2,3)44-31(41)37(20-10-18-34-30-36-39(43)27-16-7-6-15-26(27)38(30)42)19-9-17-33-29(40)24-13-8-12-23-21-22-11-4-5-14-25(22)35-28(23)24/h4-8,11-16,21,42-43H,9-10,17-20H2,1-3H3,(H,33,40)(H,34,36). The van der Waals surface area contributed by atoms with E-state index in [-0.39, 0.29) is 11.9 Å². The fourth-order valence-electron chi connectivity index (χ4n) is 4.87. The number of hydrogen-bond donors (Lipinski definition) is 4. The number of hydrazone groups is 1. The van der Waals surface area contributed by atoms with E-state index < -0.39 is 11.7 Å². The highest BCUT2D eigenvalue weighted by atomic mass is 16.6. The molecule has 0 unspecified atom stereocenters. The van der Waals surface area contributed by atoms with Crippen molar-refractivity contribution in [2.75, 3.05) is 36.4 Å². The fraction of sp³-hybridized carbons (Fsp3) is 0.312. The number of rotatable bonds is 9. The van der Waals surface area contributed by atoms with Crippen molar-refractivity contribution in [3.63, 3.8) is 0 Å². The number of carbonyl (C=O) groups is 2. The van der Waals surface area contributed by atoms with Crippen LogP contribution in [0.2, 0.25) is 0 Å². The van der Waals surface area contributed by atoms with Gasteiger partial charge in [-0.05, 0) is 63.9 Å². The zero-order valence-corrected chi connectivity index (χ0v) is 25.0. The van der Waals surface area contributed by atoms with Gasteiger partial charge in [-0.25, -0.2) is 9.78 Å². The van der Waals surface area contributed by atoms with E-state index in [0.29, 0.717) is 66.6 Å². The van der Waals surface area contributed by atoms with Crippen LogP contribution in [-0.4, -0.2) is 70.0 Å². The van der Waals surface area contributed by atoms with E-state index in [0.717, 1.165) is 21.4 Å². The number of hydroxylamine groups is 1. The second-order valence-electron chi connectivity index (χ2n) is 11.4. The van der Waals surface area contributed by atoms with Gasteiger partial charge in [0.1, 0.15) is 17.0 Å². The number of pyridine rings is 1. The maximum Gasteiger partial charge on any atom is 0.410 e. The molecule has 4 aromatic rings. The molecule has 0 saturated heterocycles. The molecule has 0 aliphatic carbocycles. The molecule has 2 amide bonds. The molecular weight excluding hydrogens is 562 g/mol. The number of nitrogens with zero attached hydrogens (tertiary/aromatic N) is 5. The van der Waals surface area contributed by atoms with Gasteiger partial charge >= 0.3 is 6.09 Å². The second-order valence-corrected chi connectivity index (χ2v) is 11.4. The van der Waals surface area contributed by atoms with Crippen LogP contribution in [0.3, 0.4) is 0 Å². The lowest BCUT2D eigenvalue weighted by molar-refractivity contribution is 0.0247. The Kier molecular flexibility index (Phi) is 9.12. The lowest BCUT2D eigenvalue weighted by Crippen LogP contribution is -2.45. The average Bonchev–Trinajstić information content (AvgIpc) is 3.00. The van der Waals surface area contributed by atoms with Gasteiger partial charge in [-0.3, -0.25) is 15.2 Å². The molecule has 230 valence electrons. The van der Waals surface area contributed by atoms with Crippen LogP contribution in [0, 0.1) is 0 Å². The van der Waals surface area contributed by atoms with Crippen molar-refractivity contribution >= 4 is 51.1 Å². The highest BCUT2D eigenvalue weighted by molar-refractivity contribution is 6.07. The molecule has 0 atom stereocenters. The van der Waals surface area contributed by atoms with Crippen LogP contribution in [-0.2, 0) is 4.74 Å². The molecule has 2 heterocycles. The number of hydrogen-bond acceptors (Lipinski definition) is 10. The van der Waals surface area contributed by atoms with Gasteiger partial charge in [0.05, 0.1) is 16.6 Å². The molecule has 1 aliphatic heterocycles. The Labute approximate surface area is 255 Å². The number of anilines is 2. The number of ether oxygens (including phenoxy) is 1. The van der Waals surface area contributed by atoms with Crippen molar-refractivity contribution in [1.29, 1.82) is 0 Å². The smallest absolute Gasteiger partial charge is 0.410 e. The van der Waals surface area contributed by atoms with Crippen molar-refractivity contribution in [2.45, 2.75) is 39.2 Å². The Bertz CT molecular complexity index is 1690. The summed E-state index contributed by atoms with van der Waals surface area (Å²) >= 11 is 0. The molecular formula is C32H37N7O5. The van der Waals surface area contributed by atoms with Crippen molar-refractivity contribution in [3.05, 3.63) is 78.4 Å². The van der Waals surface area contributed by atoms with E-state index >= 15 is 0 Å². The SMILES string of the molecule is CC(C)(C)OC(=O)N(CCCNC(=O)c1cccc2cc3ccccc3nc12)CCCNC1=NN(O)c2ccccc2N1O. The van der Waals surface area contributed by atoms with Crippen LogP contribution in [0.1, 0.15) is 44.0 Å². The van der Waals surface area contributed by atoms with Crippen molar-refractivity contribution < 1.29 is 24.7 Å². The van der Waals surface area contributed by atoms with Crippen molar-refractivity contribution in [2.24, 2.45) is 5.10 Å². The van der Waals surface area contributed by atoms with Gasteiger partial charge in [0, 0.05) is 37.0 Å². The number of nitrogens with one attached hydrogen (secondary N) is 2. The Hall–Kier alpha value is -4.94. The Morgan fingerprint density at radius 3 is 2.34 bits per heavy atom. The van der Waals surface area contributed by atoms with Gasteiger partial charge in [-0.15, -0.1) is 10.3 Å². The molecule has 1 aromatic heterocycles. The van der Waals surface area contributed by atoms with Crippen LogP contribution >= 0.6 is 0 Å². The average molecular weight is 600 g/mol. The van der Waals surface area contributed by atoms with Crippen LogP contribution in [0.15, 0.2) is 77.9 Å². The predicted molar refractivity (Wildman–Crippen MR) is 169 cm³/mol. The minimum atomic E-state index is -0.667. The molecule has 4 N–H and O–H groups in total. The van der Waals surface area contributed by atoms with Crippen molar-refractivity contribution in [1.82, 2.24) is 20.5 Å². The lowest BCUT2D eigenvalue weighted by Gasteiger charge is -2.30. The predicted octanol–water partition coefficient (Wildman–Crippen LogP) is 5.10. The summed E-state index contributed by atoms with van der Waals surface area (Å²) in [4.78, 5) is 32.4. The molecule has 0 fully saturated rings.